The topological polar surface area (TPSA) is 91.8 Å². The summed E-state index contributed by atoms with van der Waals surface area (Å²) in [6.07, 6.45) is 0.869. The molecule has 12 heteroatoms. The molecule has 5 aromatic rings. The summed E-state index contributed by atoms with van der Waals surface area (Å²) in [6.45, 7) is 4.00. The molecule has 0 unspecified atom stereocenters. The van der Waals surface area contributed by atoms with E-state index in [9.17, 15) is 13.2 Å². The van der Waals surface area contributed by atoms with Gasteiger partial charge in [-0.25, -0.2) is 13.4 Å². The number of carbonyl (C=O) groups excluding carboxylic acids is 1. The molecule has 1 N–H and O–H groups in total. The van der Waals surface area contributed by atoms with Crippen molar-refractivity contribution in [1.29, 1.82) is 0 Å². The number of thiazole rings is 1. The van der Waals surface area contributed by atoms with E-state index in [4.69, 9.17) is 9.72 Å². The number of carbonyl (C=O) groups is 1. The minimum atomic E-state index is -3.64. The molecule has 8 nitrogen and oxygen atoms in total. The first-order valence-electron chi connectivity index (χ1n) is 14.2. The predicted octanol–water partition coefficient (Wildman–Crippen LogP) is 6.28. The fraction of sp³-hybridized carbons (Fsp3) is 0.250. The highest BCUT2D eigenvalue weighted by atomic mass is 35.5. The van der Waals surface area contributed by atoms with E-state index < -0.39 is 10.0 Å². The Morgan fingerprint density at radius 2 is 1.64 bits per heavy atom. The van der Waals surface area contributed by atoms with Crippen LogP contribution >= 0.6 is 35.1 Å². The van der Waals surface area contributed by atoms with Gasteiger partial charge in [-0.05, 0) is 53.9 Å². The number of aromatic nitrogens is 1. The number of thiophene rings is 1. The first-order chi connectivity index (χ1) is 21.0. The molecular weight excluding hydrogens is 636 g/mol. The second-order valence-electron chi connectivity index (χ2n) is 10.6. The number of benzene rings is 3. The summed E-state index contributed by atoms with van der Waals surface area (Å²) in [5.74, 6) is -0.280. The number of halogens is 1. The first-order valence-corrected chi connectivity index (χ1v) is 17.3. The van der Waals surface area contributed by atoms with Crippen LogP contribution in [0.15, 0.2) is 83.8 Å². The second-order valence-corrected chi connectivity index (χ2v) is 14.7. The fourth-order valence-corrected chi connectivity index (χ4v) is 9.42. The van der Waals surface area contributed by atoms with Crippen molar-refractivity contribution >= 4 is 66.2 Å². The SMILES string of the molecule is Cl.O=C(Nc1sc2c(c1-c1nc3ccccc3s1)CCN(Cc1ccccc1)C2)c1ccc(S(=O)(=O)N2CCOCC2)cc1. The van der Waals surface area contributed by atoms with E-state index in [1.807, 2.05) is 24.3 Å². The average Bonchev–Trinajstić information content (AvgIpc) is 3.62. The summed E-state index contributed by atoms with van der Waals surface area (Å²) >= 11 is 3.25. The van der Waals surface area contributed by atoms with Gasteiger partial charge in [0.05, 0.1) is 28.3 Å². The van der Waals surface area contributed by atoms with Crippen LogP contribution in [0.1, 0.15) is 26.4 Å². The van der Waals surface area contributed by atoms with Gasteiger partial charge in [-0.2, -0.15) is 4.31 Å². The lowest BCUT2D eigenvalue weighted by Crippen LogP contribution is -2.40. The van der Waals surface area contributed by atoms with E-state index in [1.165, 1.54) is 32.4 Å². The van der Waals surface area contributed by atoms with Gasteiger partial charge in [0.15, 0.2) is 0 Å². The Balaban J connectivity index is 0.00000343. The van der Waals surface area contributed by atoms with Crippen molar-refractivity contribution in [2.45, 2.75) is 24.4 Å². The lowest BCUT2D eigenvalue weighted by Gasteiger charge is -2.27. The number of amides is 1. The monoisotopic (exact) mass is 666 g/mol. The quantitative estimate of drug-likeness (QED) is 0.220. The third-order valence-corrected chi connectivity index (χ3v) is 11.9. The lowest BCUT2D eigenvalue weighted by molar-refractivity contribution is 0.0730. The van der Waals surface area contributed by atoms with E-state index in [0.717, 1.165) is 51.8 Å². The number of hydrogen-bond acceptors (Lipinski definition) is 8. The molecule has 0 saturated carbocycles. The molecule has 3 aromatic carbocycles. The number of fused-ring (bicyclic) bond motifs is 2. The van der Waals surface area contributed by atoms with Crippen LogP contribution < -0.4 is 5.32 Å². The van der Waals surface area contributed by atoms with Crippen molar-refractivity contribution in [2.75, 3.05) is 38.2 Å². The fourth-order valence-electron chi connectivity index (χ4n) is 5.62. The molecule has 2 aliphatic rings. The summed E-state index contributed by atoms with van der Waals surface area (Å²) in [6, 6.07) is 24.7. The van der Waals surface area contributed by atoms with Gasteiger partial charge in [0.25, 0.3) is 5.91 Å². The number of nitrogens with one attached hydrogen (secondary N) is 1. The number of para-hydroxylation sites is 1. The number of nitrogens with zero attached hydrogens (tertiary/aromatic N) is 3. The smallest absolute Gasteiger partial charge is 0.256 e. The van der Waals surface area contributed by atoms with Gasteiger partial charge >= 0.3 is 0 Å². The zero-order valence-electron chi connectivity index (χ0n) is 23.8. The molecule has 0 spiro atoms. The van der Waals surface area contributed by atoms with E-state index in [1.54, 1.807) is 34.8 Å². The summed E-state index contributed by atoms with van der Waals surface area (Å²) in [5, 5.41) is 4.84. The Morgan fingerprint density at radius 3 is 2.39 bits per heavy atom. The van der Waals surface area contributed by atoms with Crippen LogP contribution in [0, 0.1) is 0 Å². The van der Waals surface area contributed by atoms with Gasteiger partial charge in [0, 0.05) is 48.7 Å². The second kappa shape index (κ2) is 13.1. The van der Waals surface area contributed by atoms with Crippen molar-refractivity contribution in [3.63, 3.8) is 0 Å². The number of hydrogen-bond donors (Lipinski definition) is 1. The molecule has 0 aliphatic carbocycles. The van der Waals surface area contributed by atoms with Crippen molar-refractivity contribution in [3.05, 3.63) is 100 Å². The first kappa shape index (κ1) is 30.8. The Labute approximate surface area is 270 Å². The molecule has 228 valence electrons. The molecule has 1 saturated heterocycles. The number of ether oxygens (including phenoxy) is 1. The van der Waals surface area contributed by atoms with Crippen LogP contribution in [0.2, 0.25) is 0 Å². The van der Waals surface area contributed by atoms with E-state index in [0.29, 0.717) is 31.9 Å². The molecule has 0 atom stereocenters. The molecule has 2 aromatic heterocycles. The zero-order chi connectivity index (χ0) is 29.4. The highest BCUT2D eigenvalue weighted by molar-refractivity contribution is 7.89. The lowest BCUT2D eigenvalue weighted by atomic mass is 10.0. The van der Waals surface area contributed by atoms with Crippen molar-refractivity contribution in [3.8, 4) is 10.6 Å². The normalized spacial score (nSPS) is 15.9. The number of sulfonamides is 1. The van der Waals surface area contributed by atoms with Gasteiger partial charge in [0.1, 0.15) is 10.0 Å². The Morgan fingerprint density at radius 1 is 0.909 bits per heavy atom. The minimum Gasteiger partial charge on any atom is -0.379 e. The number of rotatable bonds is 7. The molecule has 7 rings (SSSR count). The van der Waals surface area contributed by atoms with E-state index >= 15 is 0 Å². The maximum absolute atomic E-state index is 13.5. The minimum absolute atomic E-state index is 0. The maximum atomic E-state index is 13.5. The standard InChI is InChI=1S/C32H30N4O4S3.ClH/c37-30(23-10-12-24(13-11-23)43(38,39)36-16-18-40-19-17-36)34-32-29(31-33-26-8-4-5-9-27(26)41-31)25-14-15-35(21-28(25)42-32)20-22-6-2-1-3-7-22;/h1-13H,14-21H2,(H,34,37);1H. The molecule has 0 radical (unpaired) electrons. The maximum Gasteiger partial charge on any atom is 0.256 e. The van der Waals surface area contributed by atoms with Crippen LogP contribution in [0.4, 0.5) is 5.00 Å². The van der Waals surface area contributed by atoms with Gasteiger partial charge in [-0.3, -0.25) is 9.69 Å². The van der Waals surface area contributed by atoms with E-state index in [2.05, 4.69) is 40.5 Å². The van der Waals surface area contributed by atoms with Crippen molar-refractivity contribution in [1.82, 2.24) is 14.2 Å². The molecule has 1 fully saturated rings. The third-order valence-electron chi connectivity index (χ3n) is 7.84. The van der Waals surface area contributed by atoms with Crippen LogP contribution in [0.5, 0.6) is 0 Å². The van der Waals surface area contributed by atoms with Crippen LogP contribution in [-0.2, 0) is 34.3 Å². The summed E-state index contributed by atoms with van der Waals surface area (Å²) in [4.78, 5) is 22.3. The summed E-state index contributed by atoms with van der Waals surface area (Å²) in [5.41, 5.74) is 4.86. The molecular formula is C32H31ClN4O4S3. The Bertz CT molecular complexity index is 1850. The largest absolute Gasteiger partial charge is 0.379 e. The van der Waals surface area contributed by atoms with Gasteiger partial charge in [-0.1, -0.05) is 42.5 Å². The summed E-state index contributed by atoms with van der Waals surface area (Å²) in [7, 11) is -3.64. The Kier molecular flexibility index (Phi) is 9.16. The number of anilines is 1. The van der Waals surface area contributed by atoms with E-state index in [-0.39, 0.29) is 23.2 Å². The number of morpholine rings is 1. The van der Waals surface area contributed by atoms with Gasteiger partial charge in [0.2, 0.25) is 10.0 Å². The summed E-state index contributed by atoms with van der Waals surface area (Å²) < 4.78 is 33.9. The van der Waals surface area contributed by atoms with Crippen LogP contribution in [-0.4, -0.2) is 61.4 Å². The molecule has 44 heavy (non-hydrogen) atoms. The van der Waals surface area contributed by atoms with Crippen molar-refractivity contribution in [2.24, 2.45) is 0 Å². The molecule has 0 bridgehead atoms. The zero-order valence-corrected chi connectivity index (χ0v) is 27.0. The molecule has 2 aliphatic heterocycles. The van der Waals surface area contributed by atoms with Crippen molar-refractivity contribution < 1.29 is 17.9 Å². The Hall–Kier alpha value is -3.16. The molecule has 1 amide bonds. The average molecular weight is 667 g/mol. The highest BCUT2D eigenvalue weighted by Crippen LogP contribution is 2.46. The van der Waals surface area contributed by atoms with Gasteiger partial charge in [-0.15, -0.1) is 35.1 Å². The van der Waals surface area contributed by atoms with Crippen LogP contribution in [0.3, 0.4) is 0 Å². The van der Waals surface area contributed by atoms with Crippen LogP contribution in [0.25, 0.3) is 20.8 Å². The highest BCUT2D eigenvalue weighted by Gasteiger charge is 2.29. The predicted molar refractivity (Wildman–Crippen MR) is 178 cm³/mol. The third kappa shape index (κ3) is 6.18. The molecule has 4 heterocycles. The van der Waals surface area contributed by atoms with Gasteiger partial charge < -0.3 is 10.1 Å².